The molecule has 0 aliphatic heterocycles. The zero-order valence-corrected chi connectivity index (χ0v) is 17.0. The third-order valence-electron chi connectivity index (χ3n) is 5.59. The van der Waals surface area contributed by atoms with Crippen LogP contribution in [0.4, 0.5) is 0 Å². The van der Waals surface area contributed by atoms with Crippen LogP contribution in [0.15, 0.2) is 72.8 Å². The molecule has 0 unspecified atom stereocenters. The minimum absolute atomic E-state index is 0.784. The lowest BCUT2D eigenvalue weighted by Gasteiger charge is -2.22. The van der Waals surface area contributed by atoms with Crippen molar-refractivity contribution in [2.75, 3.05) is 0 Å². The maximum Gasteiger partial charge on any atom is -0.0162 e. The minimum atomic E-state index is 0.784. The standard InChI is InChI=1S/C25H26.C2H6/c1-19-7-9-21(10-8-19)23-15-17-25(18-16-23)24-13-11-22(12-14-24)20-5-3-2-4-6-20;1-2/h7-18,20H,2-6H2,1H3;1-2H3. The van der Waals surface area contributed by atoms with Gasteiger partial charge >= 0.3 is 0 Å². The van der Waals surface area contributed by atoms with Gasteiger partial charge < -0.3 is 0 Å². The van der Waals surface area contributed by atoms with E-state index in [1.807, 2.05) is 13.8 Å². The van der Waals surface area contributed by atoms with Gasteiger partial charge in [-0.2, -0.15) is 0 Å². The highest BCUT2D eigenvalue weighted by molar-refractivity contribution is 5.70. The summed E-state index contributed by atoms with van der Waals surface area (Å²) in [5, 5.41) is 0. The molecule has 0 saturated heterocycles. The second-order valence-corrected chi connectivity index (χ2v) is 7.40. The fourth-order valence-electron chi connectivity index (χ4n) is 3.98. The zero-order chi connectivity index (χ0) is 19.1. The van der Waals surface area contributed by atoms with Crippen LogP contribution in [0.25, 0.3) is 22.3 Å². The summed E-state index contributed by atoms with van der Waals surface area (Å²) in [6.45, 7) is 6.13. The molecule has 27 heavy (non-hydrogen) atoms. The Labute approximate surface area is 165 Å². The Hall–Kier alpha value is -2.34. The lowest BCUT2D eigenvalue weighted by atomic mass is 9.83. The molecule has 1 aliphatic rings. The summed E-state index contributed by atoms with van der Waals surface area (Å²) < 4.78 is 0. The van der Waals surface area contributed by atoms with Gasteiger partial charge in [0.25, 0.3) is 0 Å². The van der Waals surface area contributed by atoms with Crippen molar-refractivity contribution < 1.29 is 0 Å². The average Bonchev–Trinajstić information content (AvgIpc) is 2.77. The van der Waals surface area contributed by atoms with Crippen molar-refractivity contribution in [1.82, 2.24) is 0 Å². The summed E-state index contributed by atoms with van der Waals surface area (Å²) in [5.41, 5.74) is 8.01. The largest absolute Gasteiger partial charge is 0.0683 e. The molecule has 1 fully saturated rings. The van der Waals surface area contributed by atoms with E-state index in [2.05, 4.69) is 79.7 Å². The molecule has 3 aromatic carbocycles. The van der Waals surface area contributed by atoms with Crippen LogP contribution in [0.1, 0.15) is 63.0 Å². The van der Waals surface area contributed by atoms with Crippen LogP contribution >= 0.6 is 0 Å². The van der Waals surface area contributed by atoms with Crippen molar-refractivity contribution in [2.45, 2.75) is 58.8 Å². The summed E-state index contributed by atoms with van der Waals surface area (Å²) in [7, 11) is 0. The van der Waals surface area contributed by atoms with Crippen LogP contribution in [-0.2, 0) is 0 Å². The Morgan fingerprint density at radius 2 is 0.889 bits per heavy atom. The normalized spacial score (nSPS) is 14.3. The van der Waals surface area contributed by atoms with E-state index in [1.54, 1.807) is 0 Å². The molecule has 1 saturated carbocycles. The topological polar surface area (TPSA) is 0 Å². The monoisotopic (exact) mass is 356 g/mol. The molecule has 140 valence electrons. The Morgan fingerprint density at radius 3 is 1.33 bits per heavy atom. The second kappa shape index (κ2) is 9.55. The van der Waals surface area contributed by atoms with Crippen LogP contribution in [0, 0.1) is 6.92 Å². The van der Waals surface area contributed by atoms with Gasteiger partial charge in [0.2, 0.25) is 0 Å². The van der Waals surface area contributed by atoms with Crippen molar-refractivity contribution >= 4 is 0 Å². The molecule has 0 radical (unpaired) electrons. The molecule has 0 aromatic heterocycles. The summed E-state index contributed by atoms with van der Waals surface area (Å²) in [5.74, 6) is 0.784. The molecule has 1 aliphatic carbocycles. The fourth-order valence-corrected chi connectivity index (χ4v) is 3.98. The molecule has 0 N–H and O–H groups in total. The molecule has 0 spiro atoms. The maximum absolute atomic E-state index is 2.35. The third kappa shape index (κ3) is 4.89. The Bertz CT molecular complexity index is 801. The fraction of sp³-hybridized carbons (Fsp3) is 0.333. The lowest BCUT2D eigenvalue weighted by Crippen LogP contribution is -2.04. The first-order chi connectivity index (χ1) is 13.3. The molecular formula is C27H32. The van der Waals surface area contributed by atoms with Crippen molar-refractivity contribution in [3.63, 3.8) is 0 Å². The molecule has 0 amide bonds. The molecule has 3 aromatic rings. The summed E-state index contributed by atoms with van der Waals surface area (Å²) in [4.78, 5) is 0. The second-order valence-electron chi connectivity index (χ2n) is 7.40. The summed E-state index contributed by atoms with van der Waals surface area (Å²) >= 11 is 0. The number of hydrogen-bond donors (Lipinski definition) is 0. The van der Waals surface area contributed by atoms with Crippen molar-refractivity contribution in [2.24, 2.45) is 0 Å². The van der Waals surface area contributed by atoms with E-state index in [-0.39, 0.29) is 0 Å². The Morgan fingerprint density at radius 1 is 0.519 bits per heavy atom. The summed E-state index contributed by atoms with van der Waals surface area (Å²) in [6, 6.07) is 27.0. The SMILES string of the molecule is CC.Cc1ccc(-c2ccc(-c3ccc(C4CCCCC4)cc3)cc2)cc1. The van der Waals surface area contributed by atoms with Crippen LogP contribution < -0.4 is 0 Å². The van der Waals surface area contributed by atoms with E-state index in [9.17, 15) is 0 Å². The first-order valence-corrected chi connectivity index (χ1v) is 10.6. The first kappa shape index (κ1) is 19.4. The zero-order valence-electron chi connectivity index (χ0n) is 17.0. The van der Waals surface area contributed by atoms with Gasteiger partial charge in [-0.3, -0.25) is 0 Å². The van der Waals surface area contributed by atoms with Gasteiger partial charge in [-0.1, -0.05) is 111 Å². The molecule has 0 heterocycles. The lowest BCUT2D eigenvalue weighted by molar-refractivity contribution is 0.443. The quantitative estimate of drug-likeness (QED) is 0.442. The van der Waals surface area contributed by atoms with Crippen LogP contribution in [0.5, 0.6) is 0 Å². The Kier molecular flexibility index (Phi) is 6.87. The maximum atomic E-state index is 2.35. The Balaban J connectivity index is 0.00000102. The van der Waals surface area contributed by atoms with Gasteiger partial charge in [-0.25, -0.2) is 0 Å². The first-order valence-electron chi connectivity index (χ1n) is 10.6. The van der Waals surface area contributed by atoms with E-state index in [1.165, 1.54) is 65.5 Å². The van der Waals surface area contributed by atoms with E-state index >= 15 is 0 Å². The summed E-state index contributed by atoms with van der Waals surface area (Å²) in [6.07, 6.45) is 6.94. The van der Waals surface area contributed by atoms with Gasteiger partial charge in [0.1, 0.15) is 0 Å². The van der Waals surface area contributed by atoms with Crippen molar-refractivity contribution in [3.05, 3.63) is 83.9 Å². The molecule has 0 nitrogen and oxygen atoms in total. The van der Waals surface area contributed by atoms with Gasteiger partial charge in [0.15, 0.2) is 0 Å². The average molecular weight is 357 g/mol. The van der Waals surface area contributed by atoms with E-state index in [0.29, 0.717) is 0 Å². The number of hydrogen-bond acceptors (Lipinski definition) is 0. The molecule has 0 bridgehead atoms. The highest BCUT2D eigenvalue weighted by Gasteiger charge is 2.15. The van der Waals surface area contributed by atoms with Crippen molar-refractivity contribution in [1.29, 1.82) is 0 Å². The number of rotatable bonds is 3. The highest BCUT2D eigenvalue weighted by Crippen LogP contribution is 2.33. The van der Waals surface area contributed by atoms with Gasteiger partial charge in [0, 0.05) is 0 Å². The van der Waals surface area contributed by atoms with Crippen LogP contribution in [0.3, 0.4) is 0 Å². The van der Waals surface area contributed by atoms with Crippen LogP contribution in [-0.4, -0.2) is 0 Å². The molecule has 4 rings (SSSR count). The molecule has 0 heteroatoms. The minimum Gasteiger partial charge on any atom is -0.0683 e. The van der Waals surface area contributed by atoms with Crippen molar-refractivity contribution in [3.8, 4) is 22.3 Å². The van der Waals surface area contributed by atoms with Gasteiger partial charge in [-0.05, 0) is 53.5 Å². The van der Waals surface area contributed by atoms with E-state index in [4.69, 9.17) is 0 Å². The van der Waals surface area contributed by atoms with Gasteiger partial charge in [0.05, 0.1) is 0 Å². The predicted molar refractivity (Wildman–Crippen MR) is 119 cm³/mol. The smallest absolute Gasteiger partial charge is 0.0162 e. The number of aryl methyl sites for hydroxylation is 1. The van der Waals surface area contributed by atoms with Gasteiger partial charge in [-0.15, -0.1) is 0 Å². The predicted octanol–water partition coefficient (Wildman–Crippen LogP) is 8.40. The van der Waals surface area contributed by atoms with Crippen LogP contribution in [0.2, 0.25) is 0 Å². The van der Waals surface area contributed by atoms with E-state index < -0.39 is 0 Å². The highest BCUT2D eigenvalue weighted by atomic mass is 14.2. The van der Waals surface area contributed by atoms with E-state index in [0.717, 1.165) is 5.92 Å². The molecule has 0 atom stereocenters. The third-order valence-corrected chi connectivity index (χ3v) is 5.59. The number of benzene rings is 3. The molecular weight excluding hydrogens is 324 g/mol.